The Morgan fingerprint density at radius 1 is 1.67 bits per heavy atom. The summed E-state index contributed by atoms with van der Waals surface area (Å²) >= 11 is 3.91. The van der Waals surface area contributed by atoms with Gasteiger partial charge in [0, 0.05) is 0 Å². The molecule has 43 valence electrons. The Morgan fingerprint density at radius 3 is 2.89 bits per heavy atom. The van der Waals surface area contributed by atoms with Gasteiger partial charge in [0.05, 0.1) is 0 Å². The first kappa shape index (κ1) is 7.51. The van der Waals surface area contributed by atoms with Crippen LogP contribution in [0.4, 0.5) is 0 Å². The van der Waals surface area contributed by atoms with Crippen LogP contribution in [0.15, 0.2) is 18.2 Å². The molecule has 1 rings (SSSR count). The third-order valence-corrected chi connectivity index (χ3v) is 5.89. The van der Waals surface area contributed by atoms with Crippen molar-refractivity contribution in [3.05, 3.63) is 29.3 Å². The van der Waals surface area contributed by atoms with Crippen molar-refractivity contribution in [2.45, 2.75) is 0 Å². The van der Waals surface area contributed by atoms with Gasteiger partial charge in [-0.3, -0.25) is 0 Å². The van der Waals surface area contributed by atoms with Gasteiger partial charge in [-0.05, 0) is 0 Å². The van der Waals surface area contributed by atoms with E-state index in [1.807, 2.05) is 12.1 Å². The SMILES string of the molecule is [OH][Hg][c]1ccc[c]c1Cl. The number of halogens is 1. The first-order valence-electron chi connectivity index (χ1n) is 2.60. The van der Waals surface area contributed by atoms with E-state index in [9.17, 15) is 0 Å². The first-order chi connectivity index (χ1) is 4.34. The second kappa shape index (κ2) is 3.54. The van der Waals surface area contributed by atoms with Crippen LogP contribution in [-0.2, 0) is 25.0 Å². The summed E-state index contributed by atoms with van der Waals surface area (Å²) < 4.78 is 9.78. The Labute approximate surface area is 71.8 Å². The van der Waals surface area contributed by atoms with Gasteiger partial charge in [0.1, 0.15) is 0 Å². The summed E-state index contributed by atoms with van der Waals surface area (Å²) in [6.07, 6.45) is 0. The summed E-state index contributed by atoms with van der Waals surface area (Å²) in [4.78, 5) is 0. The normalized spacial score (nSPS) is 8.67. The average Bonchev–Trinajstić information content (AvgIpc) is 1.89. The van der Waals surface area contributed by atoms with Gasteiger partial charge in [0.2, 0.25) is 0 Å². The Kier molecular flexibility index (Phi) is 2.96. The molecule has 0 amide bonds. The van der Waals surface area contributed by atoms with Gasteiger partial charge in [0.15, 0.2) is 0 Å². The summed E-state index contributed by atoms with van der Waals surface area (Å²) in [5.41, 5.74) is 0. The van der Waals surface area contributed by atoms with Crippen LogP contribution in [0.1, 0.15) is 0 Å². The van der Waals surface area contributed by atoms with E-state index in [1.54, 1.807) is 6.07 Å². The molecule has 1 nitrogen and oxygen atoms in total. The van der Waals surface area contributed by atoms with E-state index in [-0.39, 0.29) is 0 Å². The quantitative estimate of drug-likeness (QED) is 0.755. The van der Waals surface area contributed by atoms with Crippen molar-refractivity contribution in [3.63, 3.8) is 0 Å². The van der Waals surface area contributed by atoms with Crippen LogP contribution in [0, 0.1) is 6.07 Å². The minimum absolute atomic E-state index is 0.599. The fourth-order valence-corrected chi connectivity index (χ4v) is 3.10. The van der Waals surface area contributed by atoms with Crippen molar-refractivity contribution in [1.82, 2.24) is 0 Å². The Balaban J connectivity index is 3.01. The summed E-state index contributed by atoms with van der Waals surface area (Å²) in [6.45, 7) is 0. The molecule has 0 aliphatic heterocycles. The van der Waals surface area contributed by atoms with Crippen molar-refractivity contribution in [3.8, 4) is 0 Å². The maximum absolute atomic E-state index is 8.84. The van der Waals surface area contributed by atoms with Crippen LogP contribution in [0.5, 0.6) is 0 Å². The van der Waals surface area contributed by atoms with Crippen LogP contribution >= 0.6 is 11.6 Å². The number of rotatable bonds is 1. The molecule has 1 N–H and O–H groups in total. The monoisotopic (exact) mass is 329 g/mol. The van der Waals surface area contributed by atoms with Crippen LogP contribution < -0.4 is 3.07 Å². The van der Waals surface area contributed by atoms with Crippen molar-refractivity contribution < 1.29 is 28.0 Å². The summed E-state index contributed by atoms with van der Waals surface area (Å²) in [5.74, 6) is 0. The molecule has 1 aromatic rings. The van der Waals surface area contributed by atoms with Gasteiger partial charge in [-0.1, -0.05) is 0 Å². The van der Waals surface area contributed by atoms with E-state index in [1.165, 1.54) is 0 Å². The fraction of sp³-hybridized carbons (Fsp3) is 0. The molecule has 0 atom stereocenters. The van der Waals surface area contributed by atoms with Gasteiger partial charge in [-0.2, -0.15) is 0 Å². The van der Waals surface area contributed by atoms with Crippen molar-refractivity contribution in [2.75, 3.05) is 0 Å². The van der Waals surface area contributed by atoms with E-state index in [2.05, 4.69) is 6.07 Å². The zero-order valence-electron chi connectivity index (χ0n) is 4.76. The standard InChI is InChI=1S/C6H3Cl.Hg.H2O/c7-6-4-2-1-3-5-6;;/h1-3H;;1H2/q;+1;/p-1. The molecular weight excluding hydrogens is 324 g/mol. The molecule has 0 aromatic heterocycles. The second-order valence-corrected chi connectivity index (χ2v) is 6.24. The molecule has 9 heavy (non-hydrogen) atoms. The van der Waals surface area contributed by atoms with Gasteiger partial charge in [0.25, 0.3) is 0 Å². The van der Waals surface area contributed by atoms with Crippen molar-refractivity contribution in [2.24, 2.45) is 0 Å². The molecule has 0 heterocycles. The third-order valence-electron chi connectivity index (χ3n) is 1.06. The molecule has 0 aliphatic carbocycles. The third kappa shape index (κ3) is 1.92. The molecule has 0 aliphatic rings. The number of hydrogen-bond donors (Lipinski definition) is 1. The molecule has 0 saturated heterocycles. The van der Waals surface area contributed by atoms with E-state index >= 15 is 0 Å². The van der Waals surface area contributed by atoms with E-state index in [0.29, 0.717) is 5.02 Å². The van der Waals surface area contributed by atoms with Gasteiger partial charge in [-0.15, -0.1) is 0 Å². The van der Waals surface area contributed by atoms with Crippen LogP contribution in [0.2, 0.25) is 5.02 Å². The molecule has 0 saturated carbocycles. The second-order valence-electron chi connectivity index (χ2n) is 1.67. The predicted octanol–water partition coefficient (Wildman–Crippen LogP) is 0.755. The van der Waals surface area contributed by atoms with E-state index < -0.39 is 25.0 Å². The van der Waals surface area contributed by atoms with Gasteiger partial charge >= 0.3 is 72.0 Å². The molecular formula is C6H4ClHgO. The zero-order chi connectivity index (χ0) is 6.69. The maximum atomic E-state index is 8.84. The Morgan fingerprint density at radius 2 is 2.44 bits per heavy atom. The topological polar surface area (TPSA) is 20.2 Å². The van der Waals surface area contributed by atoms with Gasteiger partial charge in [-0.25, -0.2) is 0 Å². The van der Waals surface area contributed by atoms with Crippen LogP contribution in [0.3, 0.4) is 0 Å². The van der Waals surface area contributed by atoms with Crippen LogP contribution in [-0.4, -0.2) is 3.01 Å². The number of hydrogen-bond acceptors (Lipinski definition) is 1. The zero-order valence-corrected chi connectivity index (χ0v) is 11.0. The van der Waals surface area contributed by atoms with Crippen molar-refractivity contribution >= 4 is 14.7 Å². The fourth-order valence-electron chi connectivity index (χ4n) is 0.574. The molecule has 0 fully saturated rings. The molecule has 3 heteroatoms. The summed E-state index contributed by atoms with van der Waals surface area (Å²) in [5, 5.41) is 0.599. The Hall–Kier alpha value is 0.405. The summed E-state index contributed by atoms with van der Waals surface area (Å²) in [7, 11) is 0. The Bertz CT molecular complexity index is 202. The van der Waals surface area contributed by atoms with Crippen LogP contribution in [0.25, 0.3) is 0 Å². The first-order valence-corrected chi connectivity index (χ1v) is 8.19. The molecule has 0 unspecified atom stereocenters. The average molecular weight is 328 g/mol. The van der Waals surface area contributed by atoms with Gasteiger partial charge < -0.3 is 0 Å². The van der Waals surface area contributed by atoms with E-state index in [0.717, 1.165) is 3.07 Å². The number of benzene rings is 1. The molecule has 1 radical (unpaired) electrons. The molecule has 0 spiro atoms. The molecule has 0 bridgehead atoms. The summed E-state index contributed by atoms with van der Waals surface area (Å²) in [6, 6.07) is 8.26. The molecule has 1 aromatic carbocycles. The minimum atomic E-state index is -1.75. The van der Waals surface area contributed by atoms with E-state index in [4.69, 9.17) is 14.6 Å². The predicted molar refractivity (Wildman–Crippen MR) is 32.1 cm³/mol. The van der Waals surface area contributed by atoms with Crippen molar-refractivity contribution in [1.29, 1.82) is 0 Å².